The molecule has 21 heavy (non-hydrogen) atoms. The average Bonchev–Trinajstić information content (AvgIpc) is 2.49. The van der Waals surface area contributed by atoms with E-state index in [1.807, 2.05) is 0 Å². The quantitative estimate of drug-likeness (QED) is 0.853. The molecule has 0 unspecified atom stereocenters. The Bertz CT molecular complexity index is 687. The first-order chi connectivity index (χ1) is 10.0. The maximum atomic E-state index is 13.1. The van der Waals surface area contributed by atoms with Crippen LogP contribution in [0, 0.1) is 5.82 Å². The third-order valence-corrected chi connectivity index (χ3v) is 3.08. The lowest BCUT2D eigenvalue weighted by molar-refractivity contribution is 0.102. The molecule has 2 rings (SSSR count). The number of halogens is 1. The van der Waals surface area contributed by atoms with Gasteiger partial charge in [-0.1, -0.05) is 24.4 Å². The minimum Gasteiger partial charge on any atom is -0.494 e. The van der Waals surface area contributed by atoms with Gasteiger partial charge in [-0.3, -0.25) is 4.79 Å². The molecule has 1 amide bonds. The summed E-state index contributed by atoms with van der Waals surface area (Å²) in [4.78, 5) is 12.4. The van der Waals surface area contributed by atoms with E-state index in [0.717, 1.165) is 0 Å². The summed E-state index contributed by atoms with van der Waals surface area (Å²) in [5, 5.41) is 2.66. The molecule has 0 aliphatic carbocycles. The summed E-state index contributed by atoms with van der Waals surface area (Å²) in [7, 11) is 1.40. The van der Waals surface area contributed by atoms with Crippen LogP contribution in [0.15, 0.2) is 42.5 Å². The molecule has 0 aliphatic heterocycles. The number of amides is 1. The first-order valence-corrected chi connectivity index (χ1v) is 6.47. The van der Waals surface area contributed by atoms with E-state index in [2.05, 4.69) is 5.32 Å². The fourth-order valence-electron chi connectivity index (χ4n) is 1.75. The maximum absolute atomic E-state index is 13.1. The lowest BCUT2D eigenvalue weighted by Crippen LogP contribution is -2.14. The van der Waals surface area contributed by atoms with Gasteiger partial charge in [0.15, 0.2) is 0 Å². The Hall–Kier alpha value is -2.47. The highest BCUT2D eigenvalue weighted by atomic mass is 32.1. The number of ether oxygens (including phenoxy) is 1. The van der Waals surface area contributed by atoms with Gasteiger partial charge in [-0.15, -0.1) is 0 Å². The molecule has 0 fully saturated rings. The number of nitrogens with two attached hydrogens (primary N) is 1. The highest BCUT2D eigenvalue weighted by Crippen LogP contribution is 2.25. The second kappa shape index (κ2) is 6.32. The molecule has 6 heteroatoms. The van der Waals surface area contributed by atoms with E-state index in [1.54, 1.807) is 24.3 Å². The number of benzene rings is 2. The number of nitrogens with one attached hydrogen (secondary N) is 1. The molecule has 0 heterocycles. The lowest BCUT2D eigenvalue weighted by atomic mass is 10.1. The molecule has 0 bridgehead atoms. The molecule has 0 spiro atoms. The van der Waals surface area contributed by atoms with Crippen LogP contribution in [0.1, 0.15) is 15.9 Å². The molecule has 108 valence electrons. The fourth-order valence-corrected chi connectivity index (χ4v) is 1.88. The van der Waals surface area contributed by atoms with Crippen molar-refractivity contribution in [1.29, 1.82) is 0 Å². The summed E-state index contributed by atoms with van der Waals surface area (Å²) in [5.74, 6) is -0.525. The van der Waals surface area contributed by atoms with Gasteiger partial charge in [0.05, 0.1) is 12.8 Å². The summed E-state index contributed by atoms with van der Waals surface area (Å²) in [5.41, 5.74) is 7.00. The van der Waals surface area contributed by atoms with Crippen molar-refractivity contribution in [3.8, 4) is 5.75 Å². The van der Waals surface area contributed by atoms with E-state index in [9.17, 15) is 9.18 Å². The van der Waals surface area contributed by atoms with E-state index in [4.69, 9.17) is 22.7 Å². The van der Waals surface area contributed by atoms with Crippen molar-refractivity contribution >= 4 is 28.8 Å². The number of rotatable bonds is 4. The van der Waals surface area contributed by atoms with Crippen LogP contribution in [0.2, 0.25) is 0 Å². The summed E-state index contributed by atoms with van der Waals surface area (Å²) >= 11 is 4.85. The predicted octanol–water partition coefficient (Wildman–Crippen LogP) is 2.72. The van der Waals surface area contributed by atoms with Crippen molar-refractivity contribution in [3.63, 3.8) is 0 Å². The standard InChI is InChI=1S/C15H13FN2O2S/c1-20-13-8-11(16)6-7-12(13)18-15(19)10-4-2-9(3-5-10)14(17)21/h2-8H,1H3,(H2,17,21)(H,18,19). The first-order valence-electron chi connectivity index (χ1n) is 6.06. The summed E-state index contributed by atoms with van der Waals surface area (Å²) in [6.07, 6.45) is 0. The van der Waals surface area contributed by atoms with Gasteiger partial charge >= 0.3 is 0 Å². The van der Waals surface area contributed by atoms with Crippen molar-refractivity contribution in [2.75, 3.05) is 12.4 Å². The van der Waals surface area contributed by atoms with Crippen molar-refractivity contribution < 1.29 is 13.9 Å². The second-order valence-electron chi connectivity index (χ2n) is 4.24. The van der Waals surface area contributed by atoms with E-state index < -0.39 is 5.82 Å². The molecule has 2 aromatic carbocycles. The third kappa shape index (κ3) is 3.55. The van der Waals surface area contributed by atoms with Gasteiger partial charge < -0.3 is 15.8 Å². The third-order valence-electron chi connectivity index (χ3n) is 2.84. The zero-order chi connectivity index (χ0) is 15.4. The van der Waals surface area contributed by atoms with Crippen LogP contribution < -0.4 is 15.8 Å². The molecule has 4 nitrogen and oxygen atoms in total. The van der Waals surface area contributed by atoms with Gasteiger partial charge in [-0.05, 0) is 24.3 Å². The average molecular weight is 304 g/mol. The Morgan fingerprint density at radius 3 is 2.38 bits per heavy atom. The summed E-state index contributed by atoms with van der Waals surface area (Å²) in [6.45, 7) is 0. The summed E-state index contributed by atoms with van der Waals surface area (Å²) < 4.78 is 18.1. The SMILES string of the molecule is COc1cc(F)ccc1NC(=O)c1ccc(C(N)=S)cc1. The van der Waals surface area contributed by atoms with Gasteiger partial charge in [0.2, 0.25) is 0 Å². The Morgan fingerprint density at radius 1 is 1.19 bits per heavy atom. The highest BCUT2D eigenvalue weighted by molar-refractivity contribution is 7.80. The number of hydrogen-bond acceptors (Lipinski definition) is 3. The van der Waals surface area contributed by atoms with Crippen LogP contribution in [0.3, 0.4) is 0 Å². The number of anilines is 1. The van der Waals surface area contributed by atoms with Gasteiger partial charge in [-0.25, -0.2) is 4.39 Å². The topological polar surface area (TPSA) is 64.3 Å². The number of hydrogen-bond donors (Lipinski definition) is 2. The number of carbonyl (C=O) groups excluding carboxylic acids is 1. The predicted molar refractivity (Wildman–Crippen MR) is 83.2 cm³/mol. The van der Waals surface area contributed by atoms with Gasteiger partial charge in [-0.2, -0.15) is 0 Å². The van der Waals surface area contributed by atoms with E-state index in [0.29, 0.717) is 16.8 Å². The first kappa shape index (κ1) is 14.9. The Balaban J connectivity index is 2.19. The molecule has 0 atom stereocenters. The van der Waals surface area contributed by atoms with E-state index >= 15 is 0 Å². The zero-order valence-electron chi connectivity index (χ0n) is 11.2. The Labute approximate surface area is 126 Å². The van der Waals surface area contributed by atoms with Crippen LogP contribution in [-0.2, 0) is 0 Å². The van der Waals surface area contributed by atoms with Crippen molar-refractivity contribution in [2.24, 2.45) is 5.73 Å². The molecular weight excluding hydrogens is 291 g/mol. The second-order valence-corrected chi connectivity index (χ2v) is 4.68. The van der Waals surface area contributed by atoms with Crippen molar-refractivity contribution in [3.05, 3.63) is 59.4 Å². The van der Waals surface area contributed by atoms with Gasteiger partial charge in [0, 0.05) is 17.2 Å². The van der Waals surface area contributed by atoms with E-state index in [1.165, 1.54) is 25.3 Å². The maximum Gasteiger partial charge on any atom is 0.255 e. The minimum atomic E-state index is -0.439. The number of thiocarbonyl (C=S) groups is 1. The van der Waals surface area contributed by atoms with E-state index in [-0.39, 0.29) is 16.6 Å². The smallest absolute Gasteiger partial charge is 0.255 e. The fraction of sp³-hybridized carbons (Fsp3) is 0.0667. The highest BCUT2D eigenvalue weighted by Gasteiger charge is 2.10. The molecule has 2 aromatic rings. The van der Waals surface area contributed by atoms with Crippen LogP contribution in [0.25, 0.3) is 0 Å². The van der Waals surface area contributed by atoms with Gasteiger partial charge in [0.1, 0.15) is 16.6 Å². The number of carbonyl (C=O) groups is 1. The zero-order valence-corrected chi connectivity index (χ0v) is 12.0. The molecule has 3 N–H and O–H groups in total. The van der Waals surface area contributed by atoms with Crippen molar-refractivity contribution in [1.82, 2.24) is 0 Å². The molecule has 0 saturated carbocycles. The molecular formula is C15H13FN2O2S. The molecule has 0 radical (unpaired) electrons. The monoisotopic (exact) mass is 304 g/mol. The number of methoxy groups -OCH3 is 1. The Kier molecular flexibility index (Phi) is 4.49. The van der Waals surface area contributed by atoms with Crippen molar-refractivity contribution in [2.45, 2.75) is 0 Å². The van der Waals surface area contributed by atoms with Crippen LogP contribution in [0.5, 0.6) is 5.75 Å². The molecule has 0 saturated heterocycles. The van der Waals surface area contributed by atoms with Gasteiger partial charge in [0.25, 0.3) is 5.91 Å². The van der Waals surface area contributed by atoms with Crippen LogP contribution in [-0.4, -0.2) is 18.0 Å². The largest absolute Gasteiger partial charge is 0.494 e. The lowest BCUT2D eigenvalue weighted by Gasteiger charge is -2.10. The van der Waals surface area contributed by atoms with Crippen LogP contribution >= 0.6 is 12.2 Å². The normalized spacial score (nSPS) is 10.0. The molecule has 0 aromatic heterocycles. The van der Waals surface area contributed by atoms with Crippen LogP contribution in [0.4, 0.5) is 10.1 Å². The minimum absolute atomic E-state index is 0.253. The molecule has 0 aliphatic rings. The Morgan fingerprint density at radius 2 is 1.81 bits per heavy atom. The summed E-state index contributed by atoms with van der Waals surface area (Å²) in [6, 6.07) is 10.4.